The number of aryl methyl sites for hydroxylation is 2. The van der Waals surface area contributed by atoms with Gasteiger partial charge in [-0.3, -0.25) is 4.90 Å². The van der Waals surface area contributed by atoms with Crippen molar-refractivity contribution in [3.05, 3.63) is 34.9 Å². The molecule has 2 atom stereocenters. The Labute approximate surface area is 129 Å². The fourth-order valence-electron chi connectivity index (χ4n) is 3.85. The third kappa shape index (κ3) is 3.49. The van der Waals surface area contributed by atoms with Gasteiger partial charge in [-0.05, 0) is 51.5 Å². The summed E-state index contributed by atoms with van der Waals surface area (Å²) in [5.41, 5.74) is 4.55. The lowest BCUT2D eigenvalue weighted by atomic mass is 9.91. The van der Waals surface area contributed by atoms with Crippen LogP contribution in [-0.2, 0) is 6.54 Å². The molecule has 1 N–H and O–H groups in total. The first-order chi connectivity index (χ1) is 9.99. The van der Waals surface area contributed by atoms with E-state index < -0.39 is 0 Å². The summed E-state index contributed by atoms with van der Waals surface area (Å²) in [7, 11) is 0. The Morgan fingerprint density at radius 3 is 2.43 bits per heavy atom. The SMILES string of the molecule is CCC1(C)CN(Cc2cc(C)cc(C)c2)C(C2CC2)CN1. The van der Waals surface area contributed by atoms with Crippen LogP contribution in [0.1, 0.15) is 49.8 Å². The van der Waals surface area contributed by atoms with E-state index in [-0.39, 0.29) is 5.54 Å². The summed E-state index contributed by atoms with van der Waals surface area (Å²) >= 11 is 0. The van der Waals surface area contributed by atoms with Crippen molar-refractivity contribution in [3.63, 3.8) is 0 Å². The fraction of sp³-hybridized carbons (Fsp3) is 0.684. The lowest BCUT2D eigenvalue weighted by Gasteiger charge is -2.46. The number of rotatable bonds is 4. The van der Waals surface area contributed by atoms with E-state index in [2.05, 4.69) is 56.1 Å². The van der Waals surface area contributed by atoms with Crippen LogP contribution in [0.2, 0.25) is 0 Å². The Hall–Kier alpha value is -0.860. The lowest BCUT2D eigenvalue weighted by molar-refractivity contribution is 0.0662. The number of nitrogens with one attached hydrogen (secondary N) is 1. The Kier molecular flexibility index (Phi) is 4.11. The highest BCUT2D eigenvalue weighted by Crippen LogP contribution is 2.38. The largest absolute Gasteiger partial charge is 0.309 e. The Morgan fingerprint density at radius 2 is 1.86 bits per heavy atom. The normalized spacial score (nSPS) is 30.6. The molecule has 0 bridgehead atoms. The van der Waals surface area contributed by atoms with Crippen molar-refractivity contribution in [2.45, 2.75) is 65.1 Å². The Morgan fingerprint density at radius 1 is 1.19 bits per heavy atom. The molecule has 2 heteroatoms. The van der Waals surface area contributed by atoms with Crippen molar-refractivity contribution in [1.29, 1.82) is 0 Å². The summed E-state index contributed by atoms with van der Waals surface area (Å²) in [6.07, 6.45) is 4.06. The predicted octanol–water partition coefficient (Wildman–Crippen LogP) is 3.66. The minimum atomic E-state index is 0.282. The minimum Gasteiger partial charge on any atom is -0.309 e. The maximum Gasteiger partial charge on any atom is 0.0278 e. The van der Waals surface area contributed by atoms with E-state index >= 15 is 0 Å². The molecule has 3 rings (SSSR count). The van der Waals surface area contributed by atoms with Crippen LogP contribution >= 0.6 is 0 Å². The summed E-state index contributed by atoms with van der Waals surface area (Å²) < 4.78 is 0. The molecule has 1 aliphatic carbocycles. The quantitative estimate of drug-likeness (QED) is 0.909. The molecule has 116 valence electrons. The molecule has 2 aliphatic rings. The van der Waals surface area contributed by atoms with Crippen molar-refractivity contribution in [1.82, 2.24) is 10.2 Å². The molecule has 1 saturated carbocycles. The highest BCUT2D eigenvalue weighted by atomic mass is 15.3. The summed E-state index contributed by atoms with van der Waals surface area (Å²) in [5, 5.41) is 3.81. The summed E-state index contributed by atoms with van der Waals surface area (Å²) in [5.74, 6) is 0.935. The number of nitrogens with zero attached hydrogens (tertiary/aromatic N) is 1. The first-order valence-corrected chi connectivity index (χ1v) is 8.55. The van der Waals surface area contributed by atoms with Crippen molar-refractivity contribution in [2.24, 2.45) is 5.92 Å². The van der Waals surface area contributed by atoms with Crippen LogP contribution in [0.5, 0.6) is 0 Å². The van der Waals surface area contributed by atoms with Crippen molar-refractivity contribution < 1.29 is 0 Å². The fourth-order valence-corrected chi connectivity index (χ4v) is 3.85. The monoisotopic (exact) mass is 286 g/mol. The van der Waals surface area contributed by atoms with Gasteiger partial charge in [0.25, 0.3) is 0 Å². The number of hydrogen-bond acceptors (Lipinski definition) is 2. The highest BCUT2D eigenvalue weighted by Gasteiger charge is 2.41. The van der Waals surface area contributed by atoms with Crippen LogP contribution < -0.4 is 5.32 Å². The zero-order valence-electron chi connectivity index (χ0n) is 14.1. The van der Waals surface area contributed by atoms with E-state index in [1.54, 1.807) is 0 Å². The van der Waals surface area contributed by atoms with Crippen LogP contribution in [0.25, 0.3) is 0 Å². The second-order valence-electron chi connectivity index (χ2n) is 7.60. The molecular formula is C19H30N2. The van der Waals surface area contributed by atoms with Gasteiger partial charge in [-0.15, -0.1) is 0 Å². The van der Waals surface area contributed by atoms with Crippen LogP contribution in [0, 0.1) is 19.8 Å². The number of benzene rings is 1. The number of hydrogen-bond donors (Lipinski definition) is 1. The molecule has 0 aromatic heterocycles. The smallest absolute Gasteiger partial charge is 0.0278 e. The second kappa shape index (κ2) is 5.73. The highest BCUT2D eigenvalue weighted by molar-refractivity contribution is 5.28. The van der Waals surface area contributed by atoms with Crippen LogP contribution in [0.3, 0.4) is 0 Å². The van der Waals surface area contributed by atoms with Gasteiger partial charge < -0.3 is 5.32 Å². The maximum absolute atomic E-state index is 3.81. The minimum absolute atomic E-state index is 0.282. The van der Waals surface area contributed by atoms with Crippen LogP contribution in [-0.4, -0.2) is 29.6 Å². The molecule has 0 radical (unpaired) electrons. The molecule has 1 aromatic rings. The third-order valence-corrected chi connectivity index (χ3v) is 5.37. The average molecular weight is 286 g/mol. The van der Waals surface area contributed by atoms with Crippen molar-refractivity contribution in [2.75, 3.05) is 13.1 Å². The topological polar surface area (TPSA) is 15.3 Å². The van der Waals surface area contributed by atoms with Gasteiger partial charge in [0, 0.05) is 31.2 Å². The number of piperazine rings is 1. The van der Waals surface area contributed by atoms with Crippen LogP contribution in [0.15, 0.2) is 18.2 Å². The van der Waals surface area contributed by atoms with Gasteiger partial charge in [0.1, 0.15) is 0 Å². The molecule has 1 heterocycles. The summed E-state index contributed by atoms with van der Waals surface area (Å²) in [4.78, 5) is 2.76. The van der Waals surface area contributed by atoms with Gasteiger partial charge in [-0.1, -0.05) is 36.2 Å². The van der Waals surface area contributed by atoms with E-state index in [9.17, 15) is 0 Å². The third-order valence-electron chi connectivity index (χ3n) is 5.37. The summed E-state index contributed by atoms with van der Waals surface area (Å²) in [6.45, 7) is 12.6. The van der Waals surface area contributed by atoms with Gasteiger partial charge in [0.05, 0.1) is 0 Å². The van der Waals surface area contributed by atoms with E-state index in [1.807, 2.05) is 0 Å². The van der Waals surface area contributed by atoms with E-state index in [1.165, 1.54) is 49.0 Å². The first kappa shape index (κ1) is 15.1. The molecule has 21 heavy (non-hydrogen) atoms. The molecular weight excluding hydrogens is 256 g/mol. The second-order valence-corrected chi connectivity index (χ2v) is 7.60. The van der Waals surface area contributed by atoms with E-state index in [0.29, 0.717) is 0 Å². The Balaban J connectivity index is 1.78. The molecule has 2 nitrogen and oxygen atoms in total. The Bertz CT molecular complexity index is 486. The van der Waals surface area contributed by atoms with Gasteiger partial charge in [-0.2, -0.15) is 0 Å². The van der Waals surface area contributed by atoms with Gasteiger partial charge in [0.15, 0.2) is 0 Å². The zero-order chi connectivity index (χ0) is 15.0. The molecule has 1 saturated heterocycles. The predicted molar refractivity (Wildman–Crippen MR) is 89.5 cm³/mol. The van der Waals surface area contributed by atoms with Gasteiger partial charge in [0.2, 0.25) is 0 Å². The van der Waals surface area contributed by atoms with Crippen LogP contribution in [0.4, 0.5) is 0 Å². The van der Waals surface area contributed by atoms with Gasteiger partial charge in [-0.25, -0.2) is 0 Å². The summed E-state index contributed by atoms with van der Waals surface area (Å²) in [6, 6.07) is 7.74. The molecule has 2 unspecified atom stereocenters. The molecule has 0 amide bonds. The standard InChI is InChI=1S/C19H30N2/c1-5-19(4)13-21(18(11-20-19)17-6-7-17)12-16-9-14(2)8-15(3)10-16/h8-10,17-18,20H,5-7,11-13H2,1-4H3. The molecule has 1 aliphatic heterocycles. The maximum atomic E-state index is 3.81. The first-order valence-electron chi connectivity index (χ1n) is 8.55. The van der Waals surface area contributed by atoms with Gasteiger partial charge >= 0.3 is 0 Å². The average Bonchev–Trinajstić information content (AvgIpc) is 3.22. The molecule has 0 spiro atoms. The van der Waals surface area contributed by atoms with Crippen molar-refractivity contribution in [3.8, 4) is 0 Å². The lowest BCUT2D eigenvalue weighted by Crippen LogP contribution is -2.62. The van der Waals surface area contributed by atoms with E-state index in [4.69, 9.17) is 0 Å². The zero-order valence-corrected chi connectivity index (χ0v) is 14.1. The molecule has 1 aromatic carbocycles. The van der Waals surface area contributed by atoms with E-state index in [0.717, 1.165) is 18.5 Å². The van der Waals surface area contributed by atoms with Crippen molar-refractivity contribution >= 4 is 0 Å². The molecule has 2 fully saturated rings.